The predicted octanol–water partition coefficient (Wildman–Crippen LogP) is 3.52. The quantitative estimate of drug-likeness (QED) is 0.586. The summed E-state index contributed by atoms with van der Waals surface area (Å²) >= 11 is 0. The number of nitrogens with zero attached hydrogens (tertiary/aromatic N) is 4. The van der Waals surface area contributed by atoms with E-state index >= 15 is 0 Å². The third-order valence-electron chi connectivity index (χ3n) is 5.75. The number of aromatic nitrogens is 2. The average Bonchev–Trinajstić information content (AvgIpc) is 3.19. The lowest BCUT2D eigenvalue weighted by Crippen LogP contribution is -2.29. The monoisotopic (exact) mass is 433 g/mol. The van der Waals surface area contributed by atoms with Gasteiger partial charge in [0.25, 0.3) is 0 Å². The van der Waals surface area contributed by atoms with Gasteiger partial charge in [-0.3, -0.25) is 4.79 Å². The highest BCUT2D eigenvalue weighted by Crippen LogP contribution is 2.20. The molecule has 1 saturated heterocycles. The Hall–Kier alpha value is -3.19. The number of hydrogen-bond acceptors (Lipinski definition) is 6. The number of pyridine rings is 1. The Morgan fingerprint density at radius 3 is 2.72 bits per heavy atom. The number of aryl methyl sites for hydroxylation is 1. The maximum Gasteiger partial charge on any atom is 0.220 e. The Morgan fingerprint density at radius 2 is 1.91 bits per heavy atom. The first-order valence-corrected chi connectivity index (χ1v) is 11.3. The number of benzene rings is 1. The fourth-order valence-corrected chi connectivity index (χ4v) is 3.83. The first kappa shape index (κ1) is 22.0. The minimum absolute atomic E-state index is 0.0273. The predicted molar refractivity (Wildman–Crippen MR) is 125 cm³/mol. The van der Waals surface area contributed by atoms with E-state index < -0.39 is 0 Å². The van der Waals surface area contributed by atoms with Gasteiger partial charge in [0.2, 0.25) is 5.91 Å². The number of rotatable bonds is 8. The molecule has 1 aliphatic rings. The van der Waals surface area contributed by atoms with Gasteiger partial charge in [0.1, 0.15) is 5.82 Å². The molecule has 0 atom stereocenters. The van der Waals surface area contributed by atoms with Gasteiger partial charge in [-0.15, -0.1) is 0 Å². The SMILES string of the molecule is CN1CCCN(c2ccc(CNC(=O)CCCc3ncc(-c4ccccc4)o3)cn2)CC1. The third kappa shape index (κ3) is 6.17. The second-order valence-corrected chi connectivity index (χ2v) is 8.28. The molecule has 2 aromatic heterocycles. The second-order valence-electron chi connectivity index (χ2n) is 8.28. The van der Waals surface area contributed by atoms with Gasteiger partial charge in [-0.05, 0) is 38.1 Å². The van der Waals surface area contributed by atoms with Crippen molar-refractivity contribution < 1.29 is 9.21 Å². The molecular formula is C25H31N5O2. The van der Waals surface area contributed by atoms with Crippen molar-refractivity contribution in [3.63, 3.8) is 0 Å². The molecule has 0 spiro atoms. The Balaban J connectivity index is 1.18. The third-order valence-corrected chi connectivity index (χ3v) is 5.75. The highest BCUT2D eigenvalue weighted by molar-refractivity contribution is 5.75. The summed E-state index contributed by atoms with van der Waals surface area (Å²) in [4.78, 5) is 25.8. The van der Waals surface area contributed by atoms with Crippen LogP contribution in [0.5, 0.6) is 0 Å². The Bertz CT molecular complexity index is 987. The Morgan fingerprint density at radius 1 is 1.03 bits per heavy atom. The molecular weight excluding hydrogens is 402 g/mol. The first-order chi connectivity index (χ1) is 15.7. The van der Waals surface area contributed by atoms with Gasteiger partial charge in [-0.2, -0.15) is 0 Å². The molecule has 3 heterocycles. The Kier molecular flexibility index (Phi) is 7.51. The highest BCUT2D eigenvalue weighted by Gasteiger charge is 2.13. The molecule has 1 amide bonds. The van der Waals surface area contributed by atoms with E-state index in [1.165, 1.54) is 0 Å². The lowest BCUT2D eigenvalue weighted by Gasteiger charge is -2.21. The van der Waals surface area contributed by atoms with Gasteiger partial charge < -0.3 is 19.5 Å². The standard InChI is InChI=1S/C25H31N5O2/c1-29-13-6-14-30(16-15-29)23-12-11-20(17-26-23)18-27-24(31)9-5-10-25-28-19-22(32-25)21-7-3-2-4-8-21/h2-4,7-8,11-12,17,19H,5-6,9-10,13-16,18H2,1H3,(H,27,31). The average molecular weight is 434 g/mol. The van der Waals surface area contributed by atoms with Crippen molar-refractivity contribution in [3.8, 4) is 11.3 Å². The maximum atomic E-state index is 12.2. The van der Waals surface area contributed by atoms with Crippen molar-refractivity contribution in [2.45, 2.75) is 32.2 Å². The van der Waals surface area contributed by atoms with E-state index in [9.17, 15) is 4.79 Å². The minimum Gasteiger partial charge on any atom is -0.441 e. The molecule has 0 bridgehead atoms. The van der Waals surface area contributed by atoms with Crippen LogP contribution >= 0.6 is 0 Å². The smallest absolute Gasteiger partial charge is 0.220 e. The van der Waals surface area contributed by atoms with Crippen molar-refractivity contribution in [2.24, 2.45) is 0 Å². The normalized spacial score (nSPS) is 14.8. The van der Waals surface area contributed by atoms with Crippen LogP contribution in [0.15, 0.2) is 59.3 Å². The van der Waals surface area contributed by atoms with E-state index in [1.54, 1.807) is 6.20 Å². The molecule has 7 heteroatoms. The van der Waals surface area contributed by atoms with Gasteiger partial charge in [0.15, 0.2) is 11.7 Å². The van der Waals surface area contributed by atoms with Crippen molar-refractivity contribution in [1.82, 2.24) is 20.2 Å². The fraction of sp³-hybridized carbons (Fsp3) is 0.400. The minimum atomic E-state index is 0.0273. The molecule has 0 saturated carbocycles. The fourth-order valence-electron chi connectivity index (χ4n) is 3.83. The molecule has 0 aliphatic carbocycles. The van der Waals surface area contributed by atoms with E-state index in [1.807, 2.05) is 36.5 Å². The van der Waals surface area contributed by atoms with Gasteiger partial charge >= 0.3 is 0 Å². The van der Waals surface area contributed by atoms with E-state index in [0.29, 0.717) is 31.7 Å². The van der Waals surface area contributed by atoms with Crippen LogP contribution < -0.4 is 10.2 Å². The molecule has 1 aromatic carbocycles. The van der Waals surface area contributed by atoms with Crippen molar-refractivity contribution >= 4 is 11.7 Å². The molecule has 0 radical (unpaired) electrons. The first-order valence-electron chi connectivity index (χ1n) is 11.3. The van der Waals surface area contributed by atoms with Crippen molar-refractivity contribution in [3.05, 3.63) is 66.3 Å². The summed E-state index contributed by atoms with van der Waals surface area (Å²) in [5.41, 5.74) is 2.01. The number of carbonyl (C=O) groups is 1. The van der Waals surface area contributed by atoms with E-state index in [4.69, 9.17) is 4.42 Å². The number of amides is 1. The van der Waals surface area contributed by atoms with Crippen LogP contribution in [0, 0.1) is 0 Å². The lowest BCUT2D eigenvalue weighted by molar-refractivity contribution is -0.121. The molecule has 0 unspecified atom stereocenters. The molecule has 1 aliphatic heterocycles. The second kappa shape index (κ2) is 10.9. The number of likely N-dealkylation sites (N-methyl/N-ethyl adjacent to an activating group) is 1. The zero-order valence-electron chi connectivity index (χ0n) is 18.7. The Labute approximate surface area is 189 Å². The van der Waals surface area contributed by atoms with Crippen LogP contribution in [0.4, 0.5) is 5.82 Å². The van der Waals surface area contributed by atoms with Crippen LogP contribution in [0.1, 0.15) is 30.7 Å². The summed E-state index contributed by atoms with van der Waals surface area (Å²) in [6.07, 6.45) is 6.53. The van der Waals surface area contributed by atoms with Gasteiger partial charge in [0, 0.05) is 50.8 Å². The number of oxazole rings is 1. The molecule has 1 N–H and O–H groups in total. The molecule has 1 fully saturated rings. The zero-order chi connectivity index (χ0) is 22.2. The van der Waals surface area contributed by atoms with Gasteiger partial charge in [0.05, 0.1) is 6.20 Å². The molecule has 168 valence electrons. The van der Waals surface area contributed by atoms with Crippen molar-refractivity contribution in [1.29, 1.82) is 0 Å². The summed E-state index contributed by atoms with van der Waals surface area (Å²) in [6, 6.07) is 14.0. The number of carbonyl (C=O) groups excluding carboxylic acids is 1. The van der Waals surface area contributed by atoms with E-state index in [2.05, 4.69) is 44.3 Å². The van der Waals surface area contributed by atoms with Crippen LogP contribution in [0.25, 0.3) is 11.3 Å². The topological polar surface area (TPSA) is 74.5 Å². The van der Waals surface area contributed by atoms with Crippen LogP contribution in [0.3, 0.4) is 0 Å². The summed E-state index contributed by atoms with van der Waals surface area (Å²) in [5, 5.41) is 2.98. The summed E-state index contributed by atoms with van der Waals surface area (Å²) < 4.78 is 5.80. The van der Waals surface area contributed by atoms with Crippen LogP contribution in [0.2, 0.25) is 0 Å². The molecule has 32 heavy (non-hydrogen) atoms. The van der Waals surface area contributed by atoms with E-state index in [0.717, 1.165) is 55.3 Å². The summed E-state index contributed by atoms with van der Waals surface area (Å²) in [6.45, 7) is 4.71. The number of hydrogen-bond donors (Lipinski definition) is 1. The maximum absolute atomic E-state index is 12.2. The van der Waals surface area contributed by atoms with Crippen LogP contribution in [-0.4, -0.2) is 54.0 Å². The zero-order valence-corrected chi connectivity index (χ0v) is 18.7. The number of nitrogens with one attached hydrogen (secondary N) is 1. The van der Waals surface area contributed by atoms with Crippen LogP contribution in [-0.2, 0) is 17.8 Å². The molecule has 4 rings (SSSR count). The molecule has 7 nitrogen and oxygen atoms in total. The van der Waals surface area contributed by atoms with Gasteiger partial charge in [-0.25, -0.2) is 9.97 Å². The summed E-state index contributed by atoms with van der Waals surface area (Å²) in [7, 11) is 2.16. The van der Waals surface area contributed by atoms with E-state index in [-0.39, 0.29) is 5.91 Å². The largest absolute Gasteiger partial charge is 0.441 e. The summed E-state index contributed by atoms with van der Waals surface area (Å²) in [5.74, 6) is 2.46. The van der Waals surface area contributed by atoms with Gasteiger partial charge in [-0.1, -0.05) is 36.4 Å². The number of anilines is 1. The lowest BCUT2D eigenvalue weighted by atomic mass is 10.2. The molecule has 3 aromatic rings. The highest BCUT2D eigenvalue weighted by atomic mass is 16.4. The van der Waals surface area contributed by atoms with Crippen molar-refractivity contribution in [2.75, 3.05) is 38.1 Å².